The number of nitrogens with zero attached hydrogens (tertiary/aromatic N) is 2. The SMILES string of the molecule is O=C(CN(C1CCCCC1)S(=O)(=O)C=Cc1ccccc1)N1CCc2sccc2C1c1ccc(Cl)cc1Cl. The topological polar surface area (TPSA) is 57.7 Å². The summed E-state index contributed by atoms with van der Waals surface area (Å²) in [5, 5.41) is 4.28. The van der Waals surface area contributed by atoms with E-state index < -0.39 is 16.1 Å². The first-order valence-corrected chi connectivity index (χ1v) is 16.0. The Bertz CT molecular complexity index is 1420. The van der Waals surface area contributed by atoms with E-state index in [9.17, 15) is 13.2 Å². The Hall–Kier alpha value is -2.16. The lowest BCUT2D eigenvalue weighted by Gasteiger charge is -2.39. The molecule has 0 bridgehead atoms. The minimum absolute atomic E-state index is 0.197. The third-order valence-electron chi connectivity index (χ3n) is 7.38. The van der Waals surface area contributed by atoms with Gasteiger partial charge in [-0.05, 0) is 65.6 Å². The summed E-state index contributed by atoms with van der Waals surface area (Å²) in [5.41, 5.74) is 2.62. The van der Waals surface area contributed by atoms with Gasteiger partial charge >= 0.3 is 0 Å². The van der Waals surface area contributed by atoms with Crippen molar-refractivity contribution in [2.45, 2.75) is 50.6 Å². The maximum absolute atomic E-state index is 14.0. The zero-order chi connectivity index (χ0) is 26.7. The van der Waals surface area contributed by atoms with Gasteiger partial charge in [0.2, 0.25) is 15.9 Å². The highest BCUT2D eigenvalue weighted by molar-refractivity contribution is 7.92. The number of hydrogen-bond acceptors (Lipinski definition) is 4. The Kier molecular flexibility index (Phi) is 8.60. The van der Waals surface area contributed by atoms with Gasteiger partial charge in [0, 0.05) is 32.9 Å². The van der Waals surface area contributed by atoms with E-state index in [0.29, 0.717) is 16.6 Å². The second-order valence-electron chi connectivity index (χ2n) is 9.80. The second-order valence-corrected chi connectivity index (χ2v) is 13.4. The van der Waals surface area contributed by atoms with Crippen LogP contribution in [0.5, 0.6) is 0 Å². The zero-order valence-electron chi connectivity index (χ0n) is 20.9. The quantitative estimate of drug-likeness (QED) is 0.294. The molecule has 1 aliphatic heterocycles. The Labute approximate surface area is 238 Å². The summed E-state index contributed by atoms with van der Waals surface area (Å²) in [6, 6.07) is 16.1. The minimum atomic E-state index is -3.84. The molecule has 3 aromatic rings. The predicted molar refractivity (Wildman–Crippen MR) is 156 cm³/mol. The maximum Gasteiger partial charge on any atom is 0.238 e. The molecule has 5 nitrogen and oxygen atoms in total. The number of rotatable bonds is 7. The van der Waals surface area contributed by atoms with Crippen LogP contribution < -0.4 is 0 Å². The first-order valence-electron chi connectivity index (χ1n) is 12.9. The van der Waals surface area contributed by atoms with E-state index in [4.69, 9.17) is 23.2 Å². The lowest BCUT2D eigenvalue weighted by atomic mass is 9.93. The van der Waals surface area contributed by atoms with Crippen molar-refractivity contribution in [1.29, 1.82) is 0 Å². The van der Waals surface area contributed by atoms with Gasteiger partial charge in [0.15, 0.2) is 0 Å². The number of sulfonamides is 1. The molecule has 0 saturated heterocycles. The average molecular weight is 590 g/mol. The molecule has 2 heterocycles. The number of carbonyl (C=O) groups excluding carboxylic acids is 1. The highest BCUT2D eigenvalue weighted by Gasteiger charge is 2.38. The molecule has 1 fully saturated rings. The predicted octanol–water partition coefficient (Wildman–Crippen LogP) is 7.16. The standard InChI is InChI=1S/C29H30Cl2N2O3S2/c30-22-11-12-24(26(31)19-22)29-25-14-17-37-27(25)13-16-32(29)28(34)20-33(23-9-5-2-6-10-23)38(35,36)18-15-21-7-3-1-4-8-21/h1,3-4,7-8,11-12,14-15,17-19,23,29H,2,5-6,9-10,13,16,20H2. The van der Waals surface area contributed by atoms with E-state index in [-0.39, 0.29) is 18.5 Å². The van der Waals surface area contributed by atoms with Crippen LogP contribution in [0, 0.1) is 0 Å². The fourth-order valence-electron chi connectivity index (χ4n) is 5.47. The van der Waals surface area contributed by atoms with Gasteiger partial charge in [-0.2, -0.15) is 4.31 Å². The maximum atomic E-state index is 14.0. The van der Waals surface area contributed by atoms with Crippen molar-refractivity contribution in [3.63, 3.8) is 0 Å². The van der Waals surface area contributed by atoms with E-state index in [0.717, 1.165) is 55.2 Å². The summed E-state index contributed by atoms with van der Waals surface area (Å²) in [4.78, 5) is 17.0. The van der Waals surface area contributed by atoms with E-state index in [1.165, 1.54) is 14.6 Å². The third kappa shape index (κ3) is 6.02. The largest absolute Gasteiger partial charge is 0.330 e. The van der Waals surface area contributed by atoms with Crippen molar-refractivity contribution in [2.24, 2.45) is 0 Å². The molecule has 0 spiro atoms. The van der Waals surface area contributed by atoms with Gasteiger partial charge in [-0.25, -0.2) is 8.42 Å². The Morgan fingerprint density at radius 3 is 2.53 bits per heavy atom. The van der Waals surface area contributed by atoms with Gasteiger partial charge < -0.3 is 4.90 Å². The fraction of sp³-hybridized carbons (Fsp3) is 0.345. The van der Waals surface area contributed by atoms with Crippen molar-refractivity contribution < 1.29 is 13.2 Å². The van der Waals surface area contributed by atoms with Crippen LogP contribution in [0.1, 0.15) is 59.7 Å². The van der Waals surface area contributed by atoms with E-state index in [1.807, 2.05) is 47.8 Å². The molecule has 1 aromatic heterocycles. The molecule has 1 unspecified atom stereocenters. The smallest absolute Gasteiger partial charge is 0.238 e. The highest BCUT2D eigenvalue weighted by atomic mass is 35.5. The van der Waals surface area contributed by atoms with Crippen LogP contribution in [0.15, 0.2) is 65.4 Å². The summed E-state index contributed by atoms with van der Waals surface area (Å²) >= 11 is 14.5. The molecule has 0 N–H and O–H groups in total. The van der Waals surface area contributed by atoms with E-state index >= 15 is 0 Å². The average Bonchev–Trinajstić information content (AvgIpc) is 3.40. The van der Waals surface area contributed by atoms with Gasteiger partial charge in [0.05, 0.1) is 12.6 Å². The number of benzene rings is 2. The second kappa shape index (κ2) is 11.9. The van der Waals surface area contributed by atoms with Crippen LogP contribution in [0.2, 0.25) is 10.0 Å². The summed E-state index contributed by atoms with van der Waals surface area (Å²) < 4.78 is 28.7. The molecular formula is C29H30Cl2N2O3S2. The Morgan fingerprint density at radius 2 is 1.79 bits per heavy atom. The van der Waals surface area contributed by atoms with Gasteiger partial charge in [-0.15, -0.1) is 11.3 Å². The Morgan fingerprint density at radius 1 is 1.03 bits per heavy atom. The summed E-state index contributed by atoms with van der Waals surface area (Å²) in [5.74, 6) is -0.222. The molecule has 5 rings (SSSR count). The minimum Gasteiger partial charge on any atom is -0.330 e. The molecule has 200 valence electrons. The zero-order valence-corrected chi connectivity index (χ0v) is 24.1. The molecule has 1 saturated carbocycles. The third-order valence-corrected chi connectivity index (χ3v) is 10.5. The summed E-state index contributed by atoms with van der Waals surface area (Å²) in [6.45, 7) is 0.293. The Balaban J connectivity index is 1.46. The van der Waals surface area contributed by atoms with Crippen molar-refractivity contribution in [2.75, 3.05) is 13.1 Å². The first-order chi connectivity index (χ1) is 18.3. The van der Waals surface area contributed by atoms with E-state index in [1.54, 1.807) is 34.4 Å². The van der Waals surface area contributed by atoms with Crippen LogP contribution in [-0.2, 0) is 21.2 Å². The highest BCUT2D eigenvalue weighted by Crippen LogP contribution is 2.41. The summed E-state index contributed by atoms with van der Waals surface area (Å²) in [7, 11) is -3.84. The van der Waals surface area contributed by atoms with Crippen LogP contribution in [0.25, 0.3) is 6.08 Å². The lowest BCUT2D eigenvalue weighted by Crippen LogP contribution is -2.49. The van der Waals surface area contributed by atoms with Gasteiger partial charge in [0.25, 0.3) is 0 Å². The normalized spacial score (nSPS) is 18.7. The van der Waals surface area contributed by atoms with Crippen molar-refractivity contribution >= 4 is 56.5 Å². The molecule has 1 amide bonds. The molecule has 1 atom stereocenters. The molecule has 9 heteroatoms. The number of fused-ring (bicyclic) bond motifs is 1. The molecule has 2 aliphatic rings. The van der Waals surface area contributed by atoms with Gasteiger partial charge in [0.1, 0.15) is 0 Å². The van der Waals surface area contributed by atoms with Crippen LogP contribution in [0.4, 0.5) is 0 Å². The lowest BCUT2D eigenvalue weighted by molar-refractivity contribution is -0.133. The first kappa shape index (κ1) is 27.4. The number of carbonyl (C=O) groups is 1. The van der Waals surface area contributed by atoms with Crippen molar-refractivity contribution in [1.82, 2.24) is 9.21 Å². The van der Waals surface area contributed by atoms with Crippen LogP contribution in [-0.4, -0.2) is 42.7 Å². The van der Waals surface area contributed by atoms with Gasteiger partial charge in [-0.1, -0.05) is 78.9 Å². The molecular weight excluding hydrogens is 559 g/mol. The van der Waals surface area contributed by atoms with Gasteiger partial charge in [-0.3, -0.25) is 4.79 Å². The monoisotopic (exact) mass is 588 g/mol. The van der Waals surface area contributed by atoms with Crippen LogP contribution in [0.3, 0.4) is 0 Å². The van der Waals surface area contributed by atoms with E-state index in [2.05, 4.69) is 0 Å². The number of thiophene rings is 1. The molecule has 2 aromatic carbocycles. The fourth-order valence-corrected chi connectivity index (χ4v) is 8.29. The molecule has 38 heavy (non-hydrogen) atoms. The molecule has 0 radical (unpaired) electrons. The number of hydrogen-bond donors (Lipinski definition) is 0. The van der Waals surface area contributed by atoms with Crippen molar-refractivity contribution in [3.8, 4) is 0 Å². The summed E-state index contributed by atoms with van der Waals surface area (Å²) in [6.07, 6.45) is 6.84. The number of halogens is 2. The van der Waals surface area contributed by atoms with Crippen LogP contribution >= 0.6 is 34.5 Å². The van der Waals surface area contributed by atoms with Crippen molar-refractivity contribution in [3.05, 3.63) is 97.0 Å². The number of amides is 1. The molecule has 1 aliphatic carbocycles.